The van der Waals surface area contributed by atoms with Crippen molar-refractivity contribution < 1.29 is 0 Å². The van der Waals surface area contributed by atoms with Gasteiger partial charge in [0, 0.05) is 65.8 Å². The molecular formula is C120H80N4. The average Bonchev–Trinajstić information content (AvgIpc) is 1.59. The molecule has 0 aliphatic carbocycles. The van der Waals surface area contributed by atoms with Crippen LogP contribution in [0.5, 0.6) is 0 Å². The molecule has 4 heterocycles. The summed E-state index contributed by atoms with van der Waals surface area (Å²) in [6.45, 7) is 0. The van der Waals surface area contributed by atoms with Crippen molar-refractivity contribution in [2.75, 3.05) is 0 Å². The van der Waals surface area contributed by atoms with Gasteiger partial charge in [-0.1, -0.05) is 334 Å². The van der Waals surface area contributed by atoms with Crippen LogP contribution in [0.4, 0.5) is 0 Å². The van der Waals surface area contributed by atoms with E-state index in [4.69, 9.17) is 0 Å². The Balaban J connectivity index is 0.000000146. The second kappa shape index (κ2) is 31.1. The first-order chi connectivity index (χ1) is 61.5. The van der Waals surface area contributed by atoms with E-state index in [1.165, 1.54) is 198 Å². The summed E-state index contributed by atoms with van der Waals surface area (Å²) in [4.78, 5) is 0. The van der Waals surface area contributed by atoms with Crippen molar-refractivity contribution in [3.8, 4) is 134 Å². The molecule has 24 rings (SSSR count). The number of hydrogen-bond acceptors (Lipinski definition) is 0. The first kappa shape index (κ1) is 72.8. The minimum atomic E-state index is 1.14. The zero-order chi connectivity index (χ0) is 82.0. The van der Waals surface area contributed by atoms with E-state index >= 15 is 0 Å². The van der Waals surface area contributed by atoms with Crippen molar-refractivity contribution in [1.82, 2.24) is 18.3 Å². The van der Waals surface area contributed by atoms with E-state index < -0.39 is 0 Å². The van der Waals surface area contributed by atoms with Gasteiger partial charge in [-0.3, -0.25) is 0 Å². The Kier molecular flexibility index (Phi) is 18.2. The molecule has 0 unspecified atom stereocenters. The summed E-state index contributed by atoms with van der Waals surface area (Å²) in [5.41, 5.74) is 38.4. The fourth-order valence-corrected chi connectivity index (χ4v) is 19.0. The Morgan fingerprint density at radius 3 is 0.492 bits per heavy atom. The minimum absolute atomic E-state index is 1.14. The molecular weight excluding hydrogens is 1500 g/mol. The number of aromatic nitrogens is 4. The van der Waals surface area contributed by atoms with Crippen molar-refractivity contribution in [2.45, 2.75) is 0 Å². The van der Waals surface area contributed by atoms with Gasteiger partial charge in [-0.2, -0.15) is 0 Å². The first-order valence-electron chi connectivity index (χ1n) is 42.7. The summed E-state index contributed by atoms with van der Waals surface area (Å²) in [6.07, 6.45) is 0. The highest BCUT2D eigenvalue weighted by molar-refractivity contribution is 6.15. The van der Waals surface area contributed by atoms with Crippen molar-refractivity contribution in [3.63, 3.8) is 0 Å². The van der Waals surface area contributed by atoms with Crippen LogP contribution >= 0.6 is 0 Å². The van der Waals surface area contributed by atoms with Gasteiger partial charge in [0.05, 0.1) is 44.1 Å². The summed E-state index contributed by atoms with van der Waals surface area (Å²) >= 11 is 0. The van der Waals surface area contributed by atoms with E-state index in [0.717, 1.165) is 22.7 Å². The maximum atomic E-state index is 2.41. The van der Waals surface area contributed by atoms with Crippen LogP contribution in [0.2, 0.25) is 0 Å². The third-order valence-electron chi connectivity index (χ3n) is 25.1. The molecule has 0 saturated carbocycles. The Morgan fingerprint density at radius 1 is 0.0887 bits per heavy atom. The van der Waals surface area contributed by atoms with E-state index in [1.807, 2.05) is 0 Å². The maximum absolute atomic E-state index is 2.41. The molecule has 24 aromatic rings. The van der Waals surface area contributed by atoms with Gasteiger partial charge in [0.25, 0.3) is 0 Å². The fourth-order valence-electron chi connectivity index (χ4n) is 19.0. The van der Waals surface area contributed by atoms with E-state index in [0.29, 0.717) is 0 Å². The normalized spacial score (nSPS) is 11.5. The zero-order valence-electron chi connectivity index (χ0n) is 68.0. The molecule has 0 aliphatic heterocycles. The average molecular weight is 1580 g/mol. The van der Waals surface area contributed by atoms with E-state index in [-0.39, 0.29) is 0 Å². The highest BCUT2D eigenvalue weighted by atomic mass is 15.0. The second-order valence-corrected chi connectivity index (χ2v) is 32.3. The van der Waals surface area contributed by atoms with Crippen LogP contribution in [0.1, 0.15) is 0 Å². The number of nitrogens with zero attached hydrogens (tertiary/aromatic N) is 4. The van der Waals surface area contributed by atoms with Crippen LogP contribution in [-0.2, 0) is 0 Å². The van der Waals surface area contributed by atoms with E-state index in [2.05, 4.69) is 504 Å². The Hall–Kier alpha value is -16.4. The summed E-state index contributed by atoms with van der Waals surface area (Å²) in [5, 5.41) is 9.97. The van der Waals surface area contributed by atoms with Gasteiger partial charge in [-0.25, -0.2) is 0 Å². The molecule has 4 heteroatoms. The largest absolute Gasteiger partial charge is 0.309 e. The number of fused-ring (bicyclic) bond motifs is 12. The number of benzene rings is 20. The third kappa shape index (κ3) is 13.2. The lowest BCUT2D eigenvalue weighted by atomic mass is 9.93. The van der Waals surface area contributed by atoms with E-state index in [1.54, 1.807) is 0 Å². The summed E-state index contributed by atoms with van der Waals surface area (Å²) < 4.78 is 9.61. The van der Waals surface area contributed by atoms with Crippen LogP contribution in [-0.4, -0.2) is 18.3 Å². The first-order valence-corrected chi connectivity index (χ1v) is 42.7. The van der Waals surface area contributed by atoms with Gasteiger partial charge in [0.1, 0.15) is 0 Å². The molecule has 0 fully saturated rings. The number of rotatable bonds is 14. The molecule has 0 amide bonds. The molecule has 0 radical (unpaired) electrons. The highest BCUT2D eigenvalue weighted by Gasteiger charge is 2.21. The molecule has 0 saturated heterocycles. The Bertz CT molecular complexity index is 8080. The molecule has 20 aromatic carbocycles. The van der Waals surface area contributed by atoms with Crippen molar-refractivity contribution in [3.05, 3.63) is 485 Å². The number of hydrogen-bond donors (Lipinski definition) is 0. The molecule has 124 heavy (non-hydrogen) atoms. The lowest BCUT2D eigenvalue weighted by Crippen LogP contribution is -1.94. The predicted molar refractivity (Wildman–Crippen MR) is 525 cm³/mol. The second-order valence-electron chi connectivity index (χ2n) is 32.3. The minimum Gasteiger partial charge on any atom is -0.309 e. The van der Waals surface area contributed by atoms with E-state index in [9.17, 15) is 0 Å². The van der Waals surface area contributed by atoms with Crippen LogP contribution in [0.15, 0.2) is 485 Å². The molecule has 0 bridgehead atoms. The SMILES string of the molecule is c1ccc(-c2ccc(-n3c4ccccc4c4cc(-c5ccc6c(c5)c5ccccc5n6-c5ccc(-c6cccc(-c7ccccc7)c6)cc5)ccc43)cc2)cc1.c1ccc(-c2cccc(-c3ccc(-n4c5ccccc5c5cc(-c6ccc7c(c6)c6ccccc6n7-c6ccc(-c7cc(-c8ccccc8)cc(-c8ccccc8)c7)cc6)ccc54)cc3)c2)cc1. The van der Waals surface area contributed by atoms with Gasteiger partial charge >= 0.3 is 0 Å². The standard InChI is InChI=1S/C66H44N2.C54H36N2/c1-4-15-45(16-5-1)50-21-14-22-51(39-50)48-27-33-57(34-28-48)67-63-25-12-10-23-59(63)61-43-52(31-37-65(61)67)53-32-38-66-62(44-53)60-24-11-13-26-64(60)68(66)58-35-29-49(30-36-58)56-41-54(46-17-6-2-7-18-46)40-55(42-56)47-19-8-3-9-20-47;1-3-12-37(13-4-1)39-22-28-45(29-23-39)55-51-20-9-7-18-47(51)49-35-43(26-32-53(49)55)44-27-33-54-50(36-44)48-19-8-10-21-52(48)56(54)46-30-24-40(25-31-46)42-17-11-16-41(34-42)38-14-5-2-6-15-38/h1-44H;1-36H. The number of para-hydroxylation sites is 4. The van der Waals surface area contributed by atoms with Gasteiger partial charge in [-0.15, -0.1) is 0 Å². The maximum Gasteiger partial charge on any atom is 0.0541 e. The molecule has 4 aromatic heterocycles. The molecule has 580 valence electrons. The van der Waals surface area contributed by atoms with Crippen LogP contribution in [0.25, 0.3) is 221 Å². The van der Waals surface area contributed by atoms with Crippen LogP contribution in [0, 0.1) is 0 Å². The molecule has 0 atom stereocenters. The fraction of sp³-hybridized carbons (Fsp3) is 0. The smallest absolute Gasteiger partial charge is 0.0541 e. The van der Waals surface area contributed by atoms with Crippen LogP contribution in [0.3, 0.4) is 0 Å². The topological polar surface area (TPSA) is 19.7 Å². The third-order valence-corrected chi connectivity index (χ3v) is 25.1. The Labute approximate surface area is 719 Å². The van der Waals surface area contributed by atoms with Crippen molar-refractivity contribution >= 4 is 87.2 Å². The van der Waals surface area contributed by atoms with Gasteiger partial charge < -0.3 is 18.3 Å². The molecule has 0 spiro atoms. The summed E-state index contributed by atoms with van der Waals surface area (Å²) in [7, 11) is 0. The van der Waals surface area contributed by atoms with Gasteiger partial charge in [-0.05, 0) is 263 Å². The lowest BCUT2D eigenvalue weighted by Gasteiger charge is -2.13. The summed E-state index contributed by atoms with van der Waals surface area (Å²) in [5.74, 6) is 0. The van der Waals surface area contributed by atoms with Crippen LogP contribution < -0.4 is 0 Å². The van der Waals surface area contributed by atoms with Gasteiger partial charge in [0.2, 0.25) is 0 Å². The lowest BCUT2D eigenvalue weighted by molar-refractivity contribution is 1.18. The molecule has 4 nitrogen and oxygen atoms in total. The van der Waals surface area contributed by atoms with Gasteiger partial charge in [0.15, 0.2) is 0 Å². The van der Waals surface area contributed by atoms with Crippen molar-refractivity contribution in [1.29, 1.82) is 0 Å². The van der Waals surface area contributed by atoms with Crippen molar-refractivity contribution in [2.24, 2.45) is 0 Å². The quantitative estimate of drug-likeness (QED) is 0.103. The predicted octanol–water partition coefficient (Wildman–Crippen LogP) is 32.4. The Morgan fingerprint density at radius 2 is 0.242 bits per heavy atom. The monoisotopic (exact) mass is 1580 g/mol. The highest BCUT2D eigenvalue weighted by Crippen LogP contribution is 2.44. The molecule has 0 aliphatic rings. The summed E-state index contributed by atoms with van der Waals surface area (Å²) in [6, 6.07) is 177. The zero-order valence-corrected chi connectivity index (χ0v) is 68.0. The molecule has 0 N–H and O–H groups in total.